The van der Waals surface area contributed by atoms with Crippen molar-refractivity contribution in [2.75, 3.05) is 9.62 Å². The van der Waals surface area contributed by atoms with Crippen LogP contribution in [0, 0.1) is 0 Å². The molecule has 0 fully saturated rings. The van der Waals surface area contributed by atoms with E-state index in [0.29, 0.717) is 16.3 Å². The Morgan fingerprint density at radius 1 is 0.963 bits per heavy atom. The number of rotatable bonds is 4. The predicted molar refractivity (Wildman–Crippen MR) is 108 cm³/mol. The van der Waals surface area contributed by atoms with Crippen LogP contribution in [0.3, 0.4) is 0 Å². The number of Topliss-reactive ketones (excluding diaryl/α,β-unsaturated/α-hetero) is 1. The number of carbonyl (C=O) groups excluding carboxylic acids is 1. The lowest BCUT2D eigenvalue weighted by atomic mass is 10.2. The van der Waals surface area contributed by atoms with Crippen LogP contribution in [0.1, 0.15) is 15.2 Å². The summed E-state index contributed by atoms with van der Waals surface area (Å²) >= 11 is 1.25. The Balaban J connectivity index is 1.76. The molecule has 2 heterocycles. The molecule has 0 saturated carbocycles. The summed E-state index contributed by atoms with van der Waals surface area (Å²) in [7, 11) is -3.98. The number of nitrogens with zero attached hydrogens (tertiary/aromatic N) is 1. The summed E-state index contributed by atoms with van der Waals surface area (Å²) in [6.45, 7) is 0.170. The maximum Gasteiger partial charge on any atom is 0.270 e. The number of hydrogen-bond acceptors (Lipinski definition) is 5. The molecule has 0 saturated heterocycles. The van der Waals surface area contributed by atoms with E-state index < -0.39 is 15.8 Å². The van der Waals surface area contributed by atoms with Gasteiger partial charge in [0, 0.05) is 11.9 Å². The van der Waals surface area contributed by atoms with Crippen LogP contribution in [0.15, 0.2) is 83.2 Å². The van der Waals surface area contributed by atoms with E-state index in [1.54, 1.807) is 23.6 Å². The van der Waals surface area contributed by atoms with E-state index in [1.165, 1.54) is 21.8 Å². The van der Waals surface area contributed by atoms with Gasteiger partial charge in [0.05, 0.1) is 12.2 Å². The number of thiophene rings is 1. The molecule has 0 aliphatic carbocycles. The van der Waals surface area contributed by atoms with Crippen molar-refractivity contribution in [2.45, 2.75) is 6.54 Å². The summed E-state index contributed by atoms with van der Waals surface area (Å²) in [6.07, 6.45) is 1.29. The highest BCUT2D eigenvalue weighted by molar-refractivity contribution is 7.97. The summed E-state index contributed by atoms with van der Waals surface area (Å²) in [4.78, 5) is 13.0. The van der Waals surface area contributed by atoms with Gasteiger partial charge in [-0.2, -0.15) is 0 Å². The molecule has 5 nitrogen and oxygen atoms in total. The molecule has 1 aromatic heterocycles. The average molecular weight is 396 g/mol. The van der Waals surface area contributed by atoms with Gasteiger partial charge in [0.25, 0.3) is 10.0 Å². The molecule has 7 heteroatoms. The Kier molecular flexibility index (Phi) is 4.55. The second-order valence-corrected chi connectivity index (χ2v) is 8.73. The molecule has 0 radical (unpaired) electrons. The fourth-order valence-corrected chi connectivity index (χ4v) is 5.37. The summed E-state index contributed by atoms with van der Waals surface area (Å²) < 4.78 is 27.7. The van der Waals surface area contributed by atoms with Gasteiger partial charge < -0.3 is 5.32 Å². The van der Waals surface area contributed by atoms with Crippen LogP contribution in [0.2, 0.25) is 0 Å². The molecule has 0 atom stereocenters. The van der Waals surface area contributed by atoms with Crippen molar-refractivity contribution in [2.24, 2.45) is 0 Å². The maximum absolute atomic E-state index is 13.2. The van der Waals surface area contributed by atoms with Gasteiger partial charge in [-0.1, -0.05) is 48.5 Å². The van der Waals surface area contributed by atoms with Gasteiger partial charge in [-0.3, -0.25) is 9.10 Å². The first kappa shape index (κ1) is 17.5. The number of ketones is 1. The van der Waals surface area contributed by atoms with Crippen LogP contribution in [0.4, 0.5) is 11.4 Å². The molecule has 1 aliphatic rings. The number of hydrogen-bond donors (Lipinski definition) is 1. The van der Waals surface area contributed by atoms with Crippen molar-refractivity contribution in [3.63, 3.8) is 0 Å². The van der Waals surface area contributed by atoms with Crippen molar-refractivity contribution in [3.05, 3.63) is 93.7 Å². The number of para-hydroxylation sites is 1. The molecule has 0 spiro atoms. The van der Waals surface area contributed by atoms with Gasteiger partial charge in [0.15, 0.2) is 4.91 Å². The Morgan fingerprint density at radius 3 is 2.33 bits per heavy atom. The molecule has 3 aromatic rings. The van der Waals surface area contributed by atoms with Gasteiger partial charge in [-0.25, -0.2) is 8.42 Å². The second kappa shape index (κ2) is 7.02. The van der Waals surface area contributed by atoms with Crippen LogP contribution < -0.4 is 9.62 Å². The zero-order valence-corrected chi connectivity index (χ0v) is 15.8. The molecule has 1 N–H and O–H groups in total. The zero-order valence-electron chi connectivity index (χ0n) is 14.2. The summed E-state index contributed by atoms with van der Waals surface area (Å²) in [6, 6.07) is 20.1. The van der Waals surface area contributed by atoms with Crippen molar-refractivity contribution in [3.8, 4) is 0 Å². The molecular formula is C20H16N2O3S2. The Labute approximate surface area is 161 Å². The lowest BCUT2D eigenvalue weighted by molar-refractivity contribution is 0.104. The lowest BCUT2D eigenvalue weighted by Crippen LogP contribution is -2.38. The number of allylic oxidation sites excluding steroid dienone is 1. The van der Waals surface area contributed by atoms with Gasteiger partial charge in [0.2, 0.25) is 5.78 Å². The fraction of sp³-hybridized carbons (Fsp3) is 0.0500. The van der Waals surface area contributed by atoms with Crippen LogP contribution in [-0.4, -0.2) is 14.2 Å². The average Bonchev–Trinajstić information content (AvgIpc) is 3.16. The lowest BCUT2D eigenvalue weighted by Gasteiger charge is -2.29. The number of sulfonamides is 1. The Bertz CT molecular complexity index is 1100. The van der Waals surface area contributed by atoms with Gasteiger partial charge in [-0.05, 0) is 29.1 Å². The third-order valence-corrected chi connectivity index (χ3v) is 6.89. The second-order valence-electron chi connectivity index (χ2n) is 5.98. The largest absolute Gasteiger partial charge is 0.360 e. The van der Waals surface area contributed by atoms with Gasteiger partial charge in [-0.15, -0.1) is 11.3 Å². The number of fused-ring (bicyclic) bond motifs is 1. The van der Waals surface area contributed by atoms with E-state index in [4.69, 9.17) is 0 Å². The molecule has 136 valence electrons. The van der Waals surface area contributed by atoms with E-state index in [0.717, 1.165) is 5.56 Å². The molecule has 0 unspecified atom stereocenters. The van der Waals surface area contributed by atoms with Gasteiger partial charge >= 0.3 is 0 Å². The first-order valence-corrected chi connectivity index (χ1v) is 10.6. The molecule has 0 bridgehead atoms. The third-order valence-electron chi connectivity index (χ3n) is 4.22. The van der Waals surface area contributed by atoms with E-state index in [9.17, 15) is 13.2 Å². The highest BCUT2D eigenvalue weighted by Crippen LogP contribution is 2.39. The van der Waals surface area contributed by atoms with Crippen molar-refractivity contribution in [1.82, 2.24) is 0 Å². The standard InChI is InChI=1S/C20H16N2O3S2/c23-19-18(13-21-16-9-5-2-6-10-16)27(24,25)22(17-11-12-26-20(17)19)14-15-7-3-1-4-8-15/h1-13,21H,14H2/b18-13-. The first-order valence-electron chi connectivity index (χ1n) is 8.28. The van der Waals surface area contributed by atoms with Crippen LogP contribution in [-0.2, 0) is 16.6 Å². The minimum Gasteiger partial charge on any atom is -0.360 e. The number of nitrogens with one attached hydrogen (secondary N) is 1. The fourth-order valence-electron chi connectivity index (χ4n) is 2.89. The minimum atomic E-state index is -3.98. The molecule has 1 aliphatic heterocycles. The molecule has 2 aromatic carbocycles. The van der Waals surface area contributed by atoms with E-state index in [1.807, 2.05) is 48.5 Å². The number of anilines is 2. The smallest absolute Gasteiger partial charge is 0.270 e. The highest BCUT2D eigenvalue weighted by Gasteiger charge is 2.41. The maximum atomic E-state index is 13.2. The summed E-state index contributed by atoms with van der Waals surface area (Å²) in [5, 5.41) is 4.66. The summed E-state index contributed by atoms with van der Waals surface area (Å²) in [5.74, 6) is -0.479. The van der Waals surface area contributed by atoms with Crippen LogP contribution >= 0.6 is 11.3 Å². The topological polar surface area (TPSA) is 66.5 Å². The zero-order chi connectivity index (χ0) is 18.9. The minimum absolute atomic E-state index is 0.170. The monoisotopic (exact) mass is 396 g/mol. The van der Waals surface area contributed by atoms with Crippen LogP contribution in [0.25, 0.3) is 0 Å². The Hall–Kier alpha value is -2.90. The number of benzene rings is 2. The summed E-state index contributed by atoms with van der Waals surface area (Å²) in [5.41, 5.74) is 1.99. The van der Waals surface area contributed by atoms with Crippen LogP contribution in [0.5, 0.6) is 0 Å². The molecule has 27 heavy (non-hydrogen) atoms. The molecular weight excluding hydrogens is 380 g/mol. The van der Waals surface area contributed by atoms with Crippen molar-refractivity contribution in [1.29, 1.82) is 0 Å². The normalized spacial score (nSPS) is 17.0. The Morgan fingerprint density at radius 2 is 1.63 bits per heavy atom. The highest BCUT2D eigenvalue weighted by atomic mass is 32.2. The quantitative estimate of drug-likeness (QED) is 0.670. The van der Waals surface area contributed by atoms with Gasteiger partial charge in [0.1, 0.15) is 4.88 Å². The molecule has 4 rings (SSSR count). The van der Waals surface area contributed by atoms with Crippen molar-refractivity contribution < 1.29 is 13.2 Å². The number of carbonyl (C=O) groups is 1. The third kappa shape index (κ3) is 3.27. The predicted octanol–water partition coefficient (Wildman–Crippen LogP) is 4.23. The van der Waals surface area contributed by atoms with Crippen molar-refractivity contribution >= 4 is 38.5 Å². The SMILES string of the molecule is O=C1/C(=C/Nc2ccccc2)S(=O)(=O)N(Cc2ccccc2)c2ccsc21. The molecule has 0 amide bonds. The van der Waals surface area contributed by atoms with E-state index in [2.05, 4.69) is 5.32 Å². The van der Waals surface area contributed by atoms with E-state index in [-0.39, 0.29) is 11.4 Å². The first-order chi connectivity index (χ1) is 13.1. The van der Waals surface area contributed by atoms with E-state index >= 15 is 0 Å².